The van der Waals surface area contributed by atoms with Crippen molar-refractivity contribution >= 4 is 16.7 Å². The highest BCUT2D eigenvalue weighted by atomic mass is 16.5. The van der Waals surface area contributed by atoms with Crippen molar-refractivity contribution in [1.29, 1.82) is 0 Å². The van der Waals surface area contributed by atoms with Crippen LogP contribution >= 0.6 is 0 Å². The van der Waals surface area contributed by atoms with Crippen molar-refractivity contribution in [2.45, 2.75) is 45.1 Å². The van der Waals surface area contributed by atoms with Gasteiger partial charge in [-0.2, -0.15) is 0 Å². The molecule has 1 aliphatic carbocycles. The summed E-state index contributed by atoms with van der Waals surface area (Å²) in [6.45, 7) is 7.26. The van der Waals surface area contributed by atoms with E-state index in [9.17, 15) is 4.79 Å². The lowest BCUT2D eigenvalue weighted by molar-refractivity contribution is -1.02. The number of ether oxygens (including phenoxy) is 1. The van der Waals surface area contributed by atoms with Crippen LogP contribution in [0.1, 0.15) is 48.2 Å². The number of benzene rings is 1. The predicted octanol–water partition coefficient (Wildman–Crippen LogP) is 0.784. The molecule has 2 aliphatic rings. The Kier molecular flexibility index (Phi) is 5.50. The summed E-state index contributed by atoms with van der Waals surface area (Å²) < 4.78 is 5.35. The first-order chi connectivity index (χ1) is 13.2. The summed E-state index contributed by atoms with van der Waals surface area (Å²) in [6.07, 6.45) is 7.05. The van der Waals surface area contributed by atoms with Gasteiger partial charge in [0.25, 0.3) is 0 Å². The quantitative estimate of drug-likeness (QED) is 0.681. The Bertz CT molecular complexity index is 799. The molecule has 5 heteroatoms. The van der Waals surface area contributed by atoms with Gasteiger partial charge < -0.3 is 19.5 Å². The van der Waals surface area contributed by atoms with Crippen molar-refractivity contribution in [2.24, 2.45) is 0 Å². The summed E-state index contributed by atoms with van der Waals surface area (Å²) in [7, 11) is 1.67. The maximum atomic E-state index is 13.1. The average molecular weight is 372 g/mol. The fourth-order valence-electron chi connectivity index (χ4n) is 5.13. The number of H-pyrrole nitrogens is 1. The summed E-state index contributed by atoms with van der Waals surface area (Å²) >= 11 is 0. The number of quaternary nitrogens is 2. The largest absolute Gasteiger partial charge is 0.497 e. The fraction of sp³-hybridized carbons (Fsp3) is 0.591. The molecular weight excluding hydrogens is 338 g/mol. The Labute approximate surface area is 161 Å². The molecule has 0 spiro atoms. The highest BCUT2D eigenvalue weighted by molar-refractivity contribution is 6.10. The van der Waals surface area contributed by atoms with E-state index in [1.54, 1.807) is 12.0 Å². The SMILES string of the molecule is COc1ccc2[nH]c(C)c(C(=O)C[NH+]3CC[NH+](C4CCCCC4)CC3)c2c1. The molecule has 1 aliphatic heterocycles. The average Bonchev–Trinajstić information content (AvgIpc) is 3.04. The number of carbonyl (C=O) groups excluding carboxylic acids is 1. The normalized spacial score (nSPS) is 24.2. The molecule has 0 bridgehead atoms. The number of aromatic amines is 1. The Hall–Kier alpha value is -1.85. The number of carbonyl (C=O) groups is 1. The van der Waals surface area contributed by atoms with Crippen LogP contribution in [0, 0.1) is 6.92 Å². The number of piperazine rings is 1. The number of hydrogen-bond donors (Lipinski definition) is 3. The summed E-state index contributed by atoms with van der Waals surface area (Å²) in [5, 5.41) is 0.989. The first-order valence-electron chi connectivity index (χ1n) is 10.5. The van der Waals surface area contributed by atoms with Gasteiger partial charge in [-0.05, 0) is 50.8 Å². The zero-order valence-electron chi connectivity index (χ0n) is 16.7. The number of aryl methyl sites for hydroxylation is 1. The zero-order valence-corrected chi connectivity index (χ0v) is 16.7. The molecule has 1 aromatic heterocycles. The van der Waals surface area contributed by atoms with E-state index < -0.39 is 0 Å². The van der Waals surface area contributed by atoms with Gasteiger partial charge in [0.15, 0.2) is 0 Å². The van der Waals surface area contributed by atoms with E-state index in [1.807, 2.05) is 25.1 Å². The molecule has 1 aromatic carbocycles. The van der Waals surface area contributed by atoms with Gasteiger partial charge >= 0.3 is 0 Å². The van der Waals surface area contributed by atoms with Crippen LogP contribution < -0.4 is 14.5 Å². The zero-order chi connectivity index (χ0) is 18.8. The van der Waals surface area contributed by atoms with E-state index >= 15 is 0 Å². The predicted molar refractivity (Wildman–Crippen MR) is 107 cm³/mol. The number of fused-ring (bicyclic) bond motifs is 1. The van der Waals surface area contributed by atoms with E-state index in [-0.39, 0.29) is 5.78 Å². The van der Waals surface area contributed by atoms with Crippen molar-refractivity contribution in [3.8, 4) is 5.75 Å². The van der Waals surface area contributed by atoms with Crippen LogP contribution in [-0.4, -0.2) is 56.6 Å². The smallest absolute Gasteiger partial charge is 0.219 e. The van der Waals surface area contributed by atoms with Gasteiger partial charge in [-0.25, -0.2) is 0 Å². The monoisotopic (exact) mass is 371 g/mol. The summed E-state index contributed by atoms with van der Waals surface area (Å²) in [5.41, 5.74) is 2.82. The summed E-state index contributed by atoms with van der Waals surface area (Å²) in [4.78, 5) is 19.7. The van der Waals surface area contributed by atoms with Crippen LogP contribution in [0.2, 0.25) is 0 Å². The fourth-order valence-corrected chi connectivity index (χ4v) is 5.13. The molecule has 0 unspecified atom stereocenters. The molecule has 0 amide bonds. The van der Waals surface area contributed by atoms with Crippen LogP contribution in [0.4, 0.5) is 0 Å². The van der Waals surface area contributed by atoms with E-state index in [0.717, 1.165) is 47.0 Å². The van der Waals surface area contributed by atoms with Crippen molar-refractivity contribution in [1.82, 2.24) is 4.98 Å². The minimum absolute atomic E-state index is 0.253. The Morgan fingerprint density at radius 2 is 1.89 bits per heavy atom. The van der Waals surface area contributed by atoms with Gasteiger partial charge in [-0.1, -0.05) is 6.42 Å². The molecule has 27 heavy (non-hydrogen) atoms. The number of hydrogen-bond acceptors (Lipinski definition) is 2. The summed E-state index contributed by atoms with van der Waals surface area (Å²) in [5.74, 6) is 1.05. The minimum Gasteiger partial charge on any atom is -0.497 e. The lowest BCUT2D eigenvalue weighted by Crippen LogP contribution is -3.30. The van der Waals surface area contributed by atoms with Crippen LogP contribution in [0.5, 0.6) is 5.75 Å². The molecule has 4 rings (SSSR count). The van der Waals surface area contributed by atoms with Gasteiger partial charge in [0.2, 0.25) is 5.78 Å². The number of aromatic nitrogens is 1. The highest BCUT2D eigenvalue weighted by Crippen LogP contribution is 2.26. The number of rotatable bonds is 5. The van der Waals surface area contributed by atoms with E-state index in [0.29, 0.717) is 6.54 Å². The molecule has 2 fully saturated rings. The van der Waals surface area contributed by atoms with Crippen molar-refractivity contribution < 1.29 is 19.3 Å². The molecule has 146 valence electrons. The third kappa shape index (κ3) is 3.90. The third-order valence-corrected chi connectivity index (χ3v) is 6.66. The highest BCUT2D eigenvalue weighted by Gasteiger charge is 2.31. The van der Waals surface area contributed by atoms with Gasteiger partial charge in [-0.3, -0.25) is 4.79 Å². The first kappa shape index (κ1) is 18.5. The van der Waals surface area contributed by atoms with E-state index in [2.05, 4.69) is 4.98 Å². The van der Waals surface area contributed by atoms with Gasteiger partial charge in [0.05, 0.1) is 18.7 Å². The van der Waals surface area contributed by atoms with Crippen molar-refractivity contribution in [3.05, 3.63) is 29.5 Å². The maximum absolute atomic E-state index is 13.1. The molecular formula is C22H33N3O2+2. The van der Waals surface area contributed by atoms with Crippen molar-refractivity contribution in [3.63, 3.8) is 0 Å². The summed E-state index contributed by atoms with van der Waals surface area (Å²) in [6, 6.07) is 6.79. The number of ketones is 1. The van der Waals surface area contributed by atoms with E-state index in [4.69, 9.17) is 4.74 Å². The molecule has 0 atom stereocenters. The Balaban J connectivity index is 1.41. The second-order valence-corrected chi connectivity index (χ2v) is 8.38. The van der Waals surface area contributed by atoms with E-state index in [1.165, 1.54) is 50.1 Å². The molecule has 3 N–H and O–H groups in total. The minimum atomic E-state index is 0.253. The van der Waals surface area contributed by atoms with Crippen molar-refractivity contribution in [2.75, 3.05) is 39.8 Å². The lowest BCUT2D eigenvalue weighted by Gasteiger charge is -2.36. The molecule has 2 heterocycles. The van der Waals surface area contributed by atoms with Crippen LogP contribution in [0.3, 0.4) is 0 Å². The molecule has 1 saturated heterocycles. The molecule has 1 saturated carbocycles. The standard InChI is InChI=1S/C22H31N3O2/c1-16-22(19-14-18(27-2)8-9-20(19)23-16)21(26)15-24-10-12-25(13-11-24)17-6-4-3-5-7-17/h8-9,14,17,23H,3-7,10-13,15H2,1-2H3/p+2. The number of Topliss-reactive ketones (excluding diaryl/α,β-unsaturated/α-hetero) is 1. The third-order valence-electron chi connectivity index (χ3n) is 6.66. The molecule has 0 radical (unpaired) electrons. The second-order valence-electron chi connectivity index (χ2n) is 8.38. The van der Waals surface area contributed by atoms with Gasteiger partial charge in [0, 0.05) is 16.6 Å². The van der Waals surface area contributed by atoms with Crippen LogP contribution in [-0.2, 0) is 0 Å². The Morgan fingerprint density at radius 1 is 1.15 bits per heavy atom. The topological polar surface area (TPSA) is 51.0 Å². The van der Waals surface area contributed by atoms with Crippen LogP contribution in [0.25, 0.3) is 10.9 Å². The molecule has 5 nitrogen and oxygen atoms in total. The molecule has 2 aromatic rings. The number of methoxy groups -OCH3 is 1. The van der Waals surface area contributed by atoms with Gasteiger partial charge in [-0.15, -0.1) is 0 Å². The number of nitrogens with one attached hydrogen (secondary N) is 3. The lowest BCUT2D eigenvalue weighted by atomic mass is 9.94. The first-order valence-corrected chi connectivity index (χ1v) is 10.5. The second kappa shape index (κ2) is 8.03. The Morgan fingerprint density at radius 3 is 2.59 bits per heavy atom. The maximum Gasteiger partial charge on any atom is 0.219 e. The van der Waals surface area contributed by atoms with Gasteiger partial charge in [0.1, 0.15) is 38.5 Å². The van der Waals surface area contributed by atoms with Crippen LogP contribution in [0.15, 0.2) is 18.2 Å².